The molecule has 0 spiro atoms. The zero-order valence-electron chi connectivity index (χ0n) is 9.66. The van der Waals surface area contributed by atoms with Crippen molar-refractivity contribution in [1.29, 1.82) is 0 Å². The van der Waals surface area contributed by atoms with Crippen LogP contribution in [0.25, 0.3) is 16.8 Å². The lowest BCUT2D eigenvalue weighted by molar-refractivity contribution is 0.977. The van der Waals surface area contributed by atoms with Crippen LogP contribution in [0.3, 0.4) is 0 Å². The van der Waals surface area contributed by atoms with E-state index in [4.69, 9.17) is 0 Å². The molecule has 16 heavy (non-hydrogen) atoms. The molecule has 0 atom stereocenters. The molecule has 0 heteroatoms. The maximum absolute atomic E-state index is 2.37. The molecule has 1 aliphatic carbocycles. The highest BCUT2D eigenvalue weighted by molar-refractivity contribution is 5.90. The van der Waals surface area contributed by atoms with Crippen LogP contribution in [-0.4, -0.2) is 0 Å². The molecule has 0 unspecified atom stereocenters. The minimum Gasteiger partial charge on any atom is -0.0836 e. The number of aryl methyl sites for hydroxylation is 2. The third kappa shape index (κ3) is 1.37. The molecule has 80 valence electrons. The summed E-state index contributed by atoms with van der Waals surface area (Å²) in [5, 5.41) is 2.82. The molecule has 0 bridgehead atoms. The predicted octanol–water partition coefficient (Wildman–Crippen LogP) is 4.36. The third-order valence-electron chi connectivity index (χ3n) is 3.51. The minimum absolute atomic E-state index is 1.12. The van der Waals surface area contributed by atoms with E-state index in [1.165, 1.54) is 40.3 Å². The first kappa shape index (κ1) is 9.65. The van der Waals surface area contributed by atoms with Gasteiger partial charge < -0.3 is 0 Å². The summed E-state index contributed by atoms with van der Waals surface area (Å²) >= 11 is 0. The van der Waals surface area contributed by atoms with E-state index in [1.54, 1.807) is 0 Å². The van der Waals surface area contributed by atoms with Gasteiger partial charge >= 0.3 is 0 Å². The van der Waals surface area contributed by atoms with Crippen LogP contribution in [0, 0.1) is 0 Å². The zero-order valence-corrected chi connectivity index (χ0v) is 9.66. The second-order valence-electron chi connectivity index (χ2n) is 4.44. The Morgan fingerprint density at radius 3 is 2.94 bits per heavy atom. The van der Waals surface area contributed by atoms with E-state index in [0.29, 0.717) is 0 Å². The van der Waals surface area contributed by atoms with E-state index in [0.717, 1.165) is 6.42 Å². The van der Waals surface area contributed by atoms with E-state index in [1.807, 2.05) is 0 Å². The van der Waals surface area contributed by atoms with Crippen LogP contribution in [-0.2, 0) is 12.8 Å². The summed E-state index contributed by atoms with van der Waals surface area (Å²) < 4.78 is 0. The van der Waals surface area contributed by atoms with Crippen LogP contribution >= 0.6 is 0 Å². The Bertz CT molecular complexity index is 562. The van der Waals surface area contributed by atoms with Gasteiger partial charge in [-0.05, 0) is 46.7 Å². The van der Waals surface area contributed by atoms with Gasteiger partial charge in [0.15, 0.2) is 0 Å². The Balaban J connectivity index is 2.41. The van der Waals surface area contributed by atoms with Gasteiger partial charge in [-0.15, -0.1) is 0 Å². The van der Waals surface area contributed by atoms with Crippen molar-refractivity contribution in [2.45, 2.75) is 26.2 Å². The van der Waals surface area contributed by atoms with Gasteiger partial charge in [0.05, 0.1) is 0 Å². The SMILES string of the molecule is CCc1c2c(cc3ccccc13)CCC=C2. The molecule has 2 aromatic carbocycles. The normalized spacial score (nSPS) is 14.1. The summed E-state index contributed by atoms with van der Waals surface area (Å²) in [4.78, 5) is 0. The number of hydrogen-bond donors (Lipinski definition) is 0. The Morgan fingerprint density at radius 1 is 1.19 bits per heavy atom. The fraction of sp³-hybridized carbons (Fsp3) is 0.250. The van der Waals surface area contributed by atoms with Crippen LogP contribution in [0.1, 0.15) is 30.0 Å². The second kappa shape index (κ2) is 3.79. The van der Waals surface area contributed by atoms with Gasteiger partial charge in [0, 0.05) is 0 Å². The topological polar surface area (TPSA) is 0 Å². The third-order valence-corrected chi connectivity index (χ3v) is 3.51. The Morgan fingerprint density at radius 2 is 2.06 bits per heavy atom. The van der Waals surface area contributed by atoms with Gasteiger partial charge in [-0.2, -0.15) is 0 Å². The molecule has 0 saturated heterocycles. The van der Waals surface area contributed by atoms with E-state index >= 15 is 0 Å². The average molecular weight is 208 g/mol. The summed E-state index contributed by atoms with van der Waals surface area (Å²) in [5.74, 6) is 0. The van der Waals surface area contributed by atoms with Gasteiger partial charge in [-0.3, -0.25) is 0 Å². The fourth-order valence-corrected chi connectivity index (χ4v) is 2.74. The largest absolute Gasteiger partial charge is 0.0836 e. The van der Waals surface area contributed by atoms with Gasteiger partial charge in [0.25, 0.3) is 0 Å². The summed E-state index contributed by atoms with van der Waals surface area (Å²) in [6.07, 6.45) is 8.12. The molecule has 0 heterocycles. The Kier molecular flexibility index (Phi) is 2.28. The molecule has 1 aliphatic rings. The summed E-state index contributed by atoms with van der Waals surface area (Å²) in [6, 6.07) is 11.1. The van der Waals surface area contributed by atoms with Crippen molar-refractivity contribution in [2.24, 2.45) is 0 Å². The summed E-state index contributed by atoms with van der Waals surface area (Å²) in [6.45, 7) is 2.25. The molecular weight excluding hydrogens is 192 g/mol. The maximum atomic E-state index is 2.37. The van der Waals surface area contributed by atoms with E-state index in [9.17, 15) is 0 Å². The van der Waals surface area contributed by atoms with Crippen LogP contribution < -0.4 is 0 Å². The molecule has 0 amide bonds. The molecule has 3 rings (SSSR count). The van der Waals surface area contributed by atoms with Gasteiger partial charge in [-0.25, -0.2) is 0 Å². The monoisotopic (exact) mass is 208 g/mol. The molecule has 0 radical (unpaired) electrons. The first-order valence-electron chi connectivity index (χ1n) is 6.10. The Labute approximate surface area is 96.6 Å². The lowest BCUT2D eigenvalue weighted by atomic mass is 9.88. The molecule has 0 saturated carbocycles. The first-order valence-corrected chi connectivity index (χ1v) is 6.10. The lowest BCUT2D eigenvalue weighted by Gasteiger charge is -2.17. The quantitative estimate of drug-likeness (QED) is 0.653. The number of hydrogen-bond acceptors (Lipinski definition) is 0. The molecule has 0 fully saturated rings. The molecule has 0 aliphatic heterocycles. The molecule has 0 N–H and O–H groups in total. The van der Waals surface area contributed by atoms with Crippen LogP contribution in [0.2, 0.25) is 0 Å². The molecule has 2 aromatic rings. The second-order valence-corrected chi connectivity index (χ2v) is 4.44. The van der Waals surface area contributed by atoms with Crippen molar-refractivity contribution in [2.75, 3.05) is 0 Å². The number of benzene rings is 2. The standard InChI is InChI=1S/C16H16/c1-2-14-15-9-5-3-7-12(15)11-13-8-4-6-10-16(13)14/h3,5-7,9-11H,2,4,8H2,1H3. The van der Waals surface area contributed by atoms with Gasteiger partial charge in [-0.1, -0.05) is 49.4 Å². The fourth-order valence-electron chi connectivity index (χ4n) is 2.74. The number of allylic oxidation sites excluding steroid dienone is 1. The van der Waals surface area contributed by atoms with E-state index in [2.05, 4.69) is 49.4 Å². The minimum atomic E-state index is 1.12. The Hall–Kier alpha value is -1.56. The number of fused-ring (bicyclic) bond motifs is 2. The highest BCUT2D eigenvalue weighted by Crippen LogP contribution is 2.30. The molecular formula is C16H16. The highest BCUT2D eigenvalue weighted by atomic mass is 14.2. The average Bonchev–Trinajstić information content (AvgIpc) is 2.36. The van der Waals surface area contributed by atoms with Crippen molar-refractivity contribution in [3.05, 3.63) is 53.1 Å². The summed E-state index contributed by atoms with van der Waals surface area (Å²) in [7, 11) is 0. The lowest BCUT2D eigenvalue weighted by Crippen LogP contribution is -1.99. The van der Waals surface area contributed by atoms with Crippen molar-refractivity contribution in [3.63, 3.8) is 0 Å². The summed E-state index contributed by atoms with van der Waals surface area (Å²) in [5.41, 5.74) is 4.52. The van der Waals surface area contributed by atoms with Crippen LogP contribution in [0.15, 0.2) is 36.4 Å². The smallest absolute Gasteiger partial charge is 0.0146 e. The van der Waals surface area contributed by atoms with Crippen molar-refractivity contribution >= 4 is 16.8 Å². The molecule has 0 aromatic heterocycles. The van der Waals surface area contributed by atoms with E-state index in [-0.39, 0.29) is 0 Å². The molecule has 0 nitrogen and oxygen atoms in total. The van der Waals surface area contributed by atoms with Crippen LogP contribution in [0.4, 0.5) is 0 Å². The highest BCUT2D eigenvalue weighted by Gasteiger charge is 2.11. The van der Waals surface area contributed by atoms with Crippen molar-refractivity contribution in [1.82, 2.24) is 0 Å². The van der Waals surface area contributed by atoms with Gasteiger partial charge in [0.2, 0.25) is 0 Å². The van der Waals surface area contributed by atoms with Crippen LogP contribution in [0.5, 0.6) is 0 Å². The predicted molar refractivity (Wildman–Crippen MR) is 70.7 cm³/mol. The zero-order chi connectivity index (χ0) is 11.0. The first-order chi connectivity index (χ1) is 7.90. The van der Waals surface area contributed by atoms with E-state index < -0.39 is 0 Å². The number of rotatable bonds is 1. The maximum Gasteiger partial charge on any atom is -0.0146 e. The van der Waals surface area contributed by atoms with Crippen molar-refractivity contribution in [3.8, 4) is 0 Å². The van der Waals surface area contributed by atoms with Gasteiger partial charge in [0.1, 0.15) is 0 Å². The van der Waals surface area contributed by atoms with Crippen molar-refractivity contribution < 1.29 is 0 Å².